The lowest BCUT2D eigenvalue weighted by molar-refractivity contribution is 0.0671. The molecular weight excluding hydrogens is 428 g/mol. The van der Waals surface area contributed by atoms with Crippen molar-refractivity contribution in [2.75, 3.05) is 31.5 Å². The van der Waals surface area contributed by atoms with Crippen molar-refractivity contribution in [1.82, 2.24) is 24.6 Å². The van der Waals surface area contributed by atoms with Crippen LogP contribution in [0.15, 0.2) is 48.5 Å². The third kappa shape index (κ3) is 4.40. The van der Waals surface area contributed by atoms with E-state index in [1.54, 1.807) is 4.90 Å². The first kappa shape index (κ1) is 22.1. The van der Waals surface area contributed by atoms with Gasteiger partial charge in [-0.1, -0.05) is 38.1 Å². The zero-order valence-corrected chi connectivity index (χ0v) is 19.7. The molecular formula is C26H30N6O2. The minimum absolute atomic E-state index is 0.0175. The predicted octanol–water partition coefficient (Wildman–Crippen LogP) is 4.00. The first-order chi connectivity index (χ1) is 16.5. The van der Waals surface area contributed by atoms with E-state index in [4.69, 9.17) is 0 Å². The molecule has 2 aliphatic heterocycles. The maximum Gasteiger partial charge on any atom is 0.321 e. The second-order valence-electron chi connectivity index (χ2n) is 9.26. The highest BCUT2D eigenvalue weighted by molar-refractivity contribution is 5.95. The third-order valence-electron chi connectivity index (χ3n) is 6.66. The molecule has 1 fully saturated rings. The molecule has 0 radical (unpaired) electrons. The fraction of sp³-hybridized carbons (Fsp3) is 0.385. The van der Waals surface area contributed by atoms with Gasteiger partial charge < -0.3 is 19.7 Å². The number of nitrogens with zero attached hydrogens (tertiary/aromatic N) is 5. The molecule has 3 aromatic rings. The lowest BCUT2D eigenvalue weighted by atomic mass is 10.0. The second-order valence-corrected chi connectivity index (χ2v) is 9.26. The van der Waals surface area contributed by atoms with Crippen LogP contribution >= 0.6 is 0 Å². The summed E-state index contributed by atoms with van der Waals surface area (Å²) in [5.74, 6) is 2.32. The number of aromatic nitrogens is 3. The molecule has 8 nitrogen and oxygen atoms in total. The van der Waals surface area contributed by atoms with Crippen LogP contribution in [-0.2, 0) is 13.0 Å². The van der Waals surface area contributed by atoms with Gasteiger partial charge in [0.2, 0.25) is 0 Å². The number of carbonyl (C=O) groups excluding carboxylic acids is 2. The Bertz CT molecular complexity index is 1190. The van der Waals surface area contributed by atoms with Gasteiger partial charge in [-0.25, -0.2) is 4.79 Å². The number of amides is 3. The summed E-state index contributed by atoms with van der Waals surface area (Å²) in [5, 5.41) is 11.6. The van der Waals surface area contributed by atoms with Crippen LogP contribution in [0.25, 0.3) is 11.4 Å². The Morgan fingerprint density at radius 1 is 0.912 bits per heavy atom. The molecule has 1 saturated heterocycles. The van der Waals surface area contributed by atoms with Crippen LogP contribution in [0, 0.1) is 0 Å². The molecule has 34 heavy (non-hydrogen) atoms. The van der Waals surface area contributed by atoms with Crippen LogP contribution in [0.5, 0.6) is 0 Å². The standard InChI is InChI=1S/C26H30N6O2/c1-18(2)19-8-10-20(11-9-19)25(33)30-13-15-31(16-14-30)26(34)27-22-6-3-5-21(17-22)24-29-28-23-7-4-12-32(23)24/h3,5-6,8-11,17-18H,4,7,12-16H2,1-2H3,(H,27,34). The fourth-order valence-corrected chi connectivity index (χ4v) is 4.61. The number of anilines is 1. The Morgan fingerprint density at radius 2 is 1.65 bits per heavy atom. The first-order valence-corrected chi connectivity index (χ1v) is 12.0. The smallest absolute Gasteiger partial charge is 0.321 e. The molecule has 1 N–H and O–H groups in total. The number of hydrogen-bond acceptors (Lipinski definition) is 4. The SMILES string of the molecule is CC(C)c1ccc(C(=O)N2CCN(C(=O)Nc3cccc(-c4nnc5n4CCC5)c3)CC2)cc1. The summed E-state index contributed by atoms with van der Waals surface area (Å²) < 4.78 is 2.15. The molecule has 1 aromatic heterocycles. The summed E-state index contributed by atoms with van der Waals surface area (Å²) in [7, 11) is 0. The maximum atomic E-state index is 12.9. The molecule has 0 bridgehead atoms. The number of carbonyl (C=O) groups is 2. The van der Waals surface area contributed by atoms with Crippen molar-refractivity contribution in [3.63, 3.8) is 0 Å². The topological polar surface area (TPSA) is 83.4 Å². The Kier molecular flexibility index (Phi) is 6.04. The van der Waals surface area contributed by atoms with E-state index in [0.717, 1.165) is 42.3 Å². The number of piperazine rings is 1. The summed E-state index contributed by atoms with van der Waals surface area (Å²) >= 11 is 0. The Balaban J connectivity index is 1.18. The summed E-state index contributed by atoms with van der Waals surface area (Å²) in [5.41, 5.74) is 3.58. The molecule has 8 heteroatoms. The predicted molar refractivity (Wildman–Crippen MR) is 131 cm³/mol. The second kappa shape index (κ2) is 9.29. The molecule has 0 unspecified atom stereocenters. The number of urea groups is 1. The molecule has 2 aliphatic rings. The third-order valence-corrected chi connectivity index (χ3v) is 6.66. The van der Waals surface area contributed by atoms with Crippen molar-refractivity contribution in [2.45, 2.75) is 39.2 Å². The normalized spacial score (nSPS) is 15.5. The highest BCUT2D eigenvalue weighted by atomic mass is 16.2. The average Bonchev–Trinajstić information content (AvgIpc) is 3.48. The van der Waals surface area contributed by atoms with Crippen molar-refractivity contribution < 1.29 is 9.59 Å². The molecule has 3 heterocycles. The van der Waals surface area contributed by atoms with Crippen molar-refractivity contribution in [3.05, 3.63) is 65.5 Å². The first-order valence-electron chi connectivity index (χ1n) is 12.0. The molecule has 0 saturated carbocycles. The van der Waals surface area contributed by atoms with Gasteiger partial charge in [-0.15, -0.1) is 10.2 Å². The molecule has 5 rings (SSSR count). The minimum Gasteiger partial charge on any atom is -0.335 e. The molecule has 2 aromatic carbocycles. The highest BCUT2D eigenvalue weighted by Crippen LogP contribution is 2.25. The van der Waals surface area contributed by atoms with Crippen molar-refractivity contribution >= 4 is 17.6 Å². The van der Waals surface area contributed by atoms with Crippen molar-refractivity contribution in [1.29, 1.82) is 0 Å². The van der Waals surface area contributed by atoms with E-state index in [2.05, 4.69) is 33.9 Å². The summed E-state index contributed by atoms with van der Waals surface area (Å²) in [6.07, 6.45) is 2.05. The lowest BCUT2D eigenvalue weighted by Gasteiger charge is -2.34. The largest absolute Gasteiger partial charge is 0.335 e. The van der Waals surface area contributed by atoms with Gasteiger partial charge >= 0.3 is 6.03 Å². The van der Waals surface area contributed by atoms with Crippen LogP contribution in [-0.4, -0.2) is 62.7 Å². The van der Waals surface area contributed by atoms with E-state index in [-0.39, 0.29) is 11.9 Å². The van der Waals surface area contributed by atoms with Gasteiger partial charge in [-0.05, 0) is 42.2 Å². The number of benzene rings is 2. The minimum atomic E-state index is -0.156. The number of nitrogens with one attached hydrogen (secondary N) is 1. The Hall–Kier alpha value is -3.68. The van der Waals surface area contributed by atoms with Crippen molar-refractivity contribution in [3.8, 4) is 11.4 Å². The van der Waals surface area contributed by atoms with Gasteiger partial charge in [-0.2, -0.15) is 0 Å². The molecule has 0 aliphatic carbocycles. The number of hydrogen-bond donors (Lipinski definition) is 1. The van der Waals surface area contributed by atoms with E-state index in [0.29, 0.717) is 37.7 Å². The van der Waals surface area contributed by atoms with E-state index in [1.807, 2.05) is 53.4 Å². The Labute approximate surface area is 199 Å². The molecule has 0 atom stereocenters. The van der Waals surface area contributed by atoms with Crippen LogP contribution in [0.4, 0.5) is 10.5 Å². The number of fused-ring (bicyclic) bond motifs is 1. The van der Waals surface area contributed by atoms with Crippen molar-refractivity contribution in [2.24, 2.45) is 0 Å². The maximum absolute atomic E-state index is 12.9. The summed E-state index contributed by atoms with van der Waals surface area (Å²) in [6.45, 7) is 7.24. The zero-order valence-electron chi connectivity index (χ0n) is 19.7. The van der Waals surface area contributed by atoms with Gasteiger partial charge in [0.15, 0.2) is 5.82 Å². The molecule has 0 spiro atoms. The van der Waals surface area contributed by atoms with Crippen LogP contribution in [0.2, 0.25) is 0 Å². The number of rotatable bonds is 4. The van der Waals surface area contributed by atoms with Crippen LogP contribution < -0.4 is 5.32 Å². The van der Waals surface area contributed by atoms with Gasteiger partial charge in [0.25, 0.3) is 5.91 Å². The van der Waals surface area contributed by atoms with Crippen LogP contribution in [0.3, 0.4) is 0 Å². The lowest BCUT2D eigenvalue weighted by Crippen LogP contribution is -2.51. The monoisotopic (exact) mass is 458 g/mol. The van der Waals surface area contributed by atoms with E-state index < -0.39 is 0 Å². The summed E-state index contributed by atoms with van der Waals surface area (Å²) in [6, 6.07) is 15.4. The fourth-order valence-electron chi connectivity index (χ4n) is 4.61. The van der Waals surface area contributed by atoms with Gasteiger partial charge in [0.1, 0.15) is 5.82 Å². The highest BCUT2D eigenvalue weighted by Gasteiger charge is 2.25. The van der Waals surface area contributed by atoms with E-state index in [1.165, 1.54) is 5.56 Å². The van der Waals surface area contributed by atoms with Gasteiger partial charge in [0.05, 0.1) is 0 Å². The average molecular weight is 459 g/mol. The zero-order chi connectivity index (χ0) is 23.7. The van der Waals surface area contributed by atoms with Gasteiger partial charge in [-0.3, -0.25) is 4.79 Å². The summed E-state index contributed by atoms with van der Waals surface area (Å²) in [4.78, 5) is 29.3. The van der Waals surface area contributed by atoms with E-state index >= 15 is 0 Å². The number of aryl methyl sites for hydroxylation is 1. The quantitative estimate of drug-likeness (QED) is 0.641. The van der Waals surface area contributed by atoms with E-state index in [9.17, 15) is 9.59 Å². The van der Waals surface area contributed by atoms with Gasteiger partial charge in [0, 0.05) is 56.0 Å². The Morgan fingerprint density at radius 3 is 2.38 bits per heavy atom. The molecule has 176 valence electrons. The van der Waals surface area contributed by atoms with Crippen LogP contribution in [0.1, 0.15) is 47.9 Å². The molecule has 3 amide bonds.